The van der Waals surface area contributed by atoms with Gasteiger partial charge in [-0.2, -0.15) is 0 Å². The predicted octanol–water partition coefficient (Wildman–Crippen LogP) is 37.5. The maximum absolute atomic E-state index is 6.20. The largest absolute Gasteiger partial charge is 0.457 e. The van der Waals surface area contributed by atoms with E-state index < -0.39 is 0 Å². The fraction of sp³-hybridized carbons (Fsp3) is 0.311. The van der Waals surface area contributed by atoms with Gasteiger partial charge >= 0.3 is 0 Å². The molecular formula is C122H146O7. The van der Waals surface area contributed by atoms with Crippen LogP contribution in [0, 0.1) is 104 Å². The molecule has 1 aliphatic carbocycles. The molecule has 0 spiro atoms. The minimum atomic E-state index is 0. The number of hydrogen-bond donors (Lipinski definition) is 0. The van der Waals surface area contributed by atoms with Crippen LogP contribution in [0.15, 0.2) is 297 Å². The van der Waals surface area contributed by atoms with Crippen LogP contribution in [-0.2, 0) is 5.41 Å². The Morgan fingerprint density at radius 3 is 0.853 bits per heavy atom. The lowest BCUT2D eigenvalue weighted by Crippen LogP contribution is -2.12. The van der Waals surface area contributed by atoms with E-state index in [1.54, 1.807) is 0 Å². The highest BCUT2D eigenvalue weighted by atomic mass is 16.5. The first-order valence-corrected chi connectivity index (χ1v) is 45.9. The minimum Gasteiger partial charge on any atom is -0.457 e. The predicted molar refractivity (Wildman–Crippen MR) is 549 cm³/mol. The van der Waals surface area contributed by atoms with E-state index in [0.717, 1.165) is 86.1 Å². The second-order valence-electron chi connectivity index (χ2n) is 37.1. The van der Waals surface area contributed by atoms with Crippen molar-refractivity contribution in [2.45, 2.75) is 255 Å². The third kappa shape index (κ3) is 34.0. The summed E-state index contributed by atoms with van der Waals surface area (Å²) in [5.41, 5.74) is 26.3. The van der Waals surface area contributed by atoms with Crippen molar-refractivity contribution in [2.24, 2.45) is 0 Å². The fourth-order valence-electron chi connectivity index (χ4n) is 14.3. The van der Waals surface area contributed by atoms with Gasteiger partial charge in [0.15, 0.2) is 0 Å². The van der Waals surface area contributed by atoms with Crippen LogP contribution in [0.3, 0.4) is 0 Å². The number of ether oxygens (including phenoxy) is 7. The van der Waals surface area contributed by atoms with E-state index in [1.807, 2.05) is 72.8 Å². The Kier molecular flexibility index (Phi) is 39.5. The molecule has 129 heavy (non-hydrogen) atoms. The van der Waals surface area contributed by atoms with Crippen molar-refractivity contribution in [3.63, 3.8) is 0 Å². The lowest BCUT2D eigenvalue weighted by Gasteiger charge is -2.24. The van der Waals surface area contributed by atoms with Crippen molar-refractivity contribution < 1.29 is 33.2 Å². The van der Waals surface area contributed by atoms with Crippen molar-refractivity contribution in [3.8, 4) is 80.5 Å². The highest BCUT2D eigenvalue weighted by Crippen LogP contribution is 2.42. The van der Waals surface area contributed by atoms with E-state index in [4.69, 9.17) is 33.2 Å². The number of benzene rings is 14. The Morgan fingerprint density at radius 1 is 0.217 bits per heavy atom. The summed E-state index contributed by atoms with van der Waals surface area (Å²) in [4.78, 5) is 0. The second-order valence-corrected chi connectivity index (χ2v) is 37.1. The average molecular weight is 1720 g/mol. The summed E-state index contributed by atoms with van der Waals surface area (Å²) in [5.74, 6) is 15.7. The van der Waals surface area contributed by atoms with Crippen LogP contribution in [0.2, 0.25) is 0 Å². The second kappa shape index (κ2) is 49.9. The highest BCUT2D eigenvalue weighted by Gasteiger charge is 2.22. The van der Waals surface area contributed by atoms with E-state index >= 15 is 0 Å². The minimum absolute atomic E-state index is 0. The molecule has 0 bridgehead atoms. The topological polar surface area (TPSA) is 64.6 Å². The standard InChI is InChI=1S/C20H24O.C18H22O.4C17H20O.C15H16O.CH4/c1-15-8-11-18(12-9-15)21-20-14-16(2)10-13-19(20)17-6-4-3-5-7-17;1-13-6-9-15(10-7-13)19-17-12-14(2)8-11-16(17)18(3,4)5;2*1-12(2)15-8-7-14(4)17(11-15)18-16-9-5-13(3)6-10-16;1-12(2)16-10-7-14(4)11-17(16)18-15-8-5-13(3)6-9-15;1-12(2)15-9-14(4)10-17(11-15)18-16-7-5-13(3)6-8-16;1-11-5-8-14(9-6-11)16-15-10-12(2)4-7-13(15)3;/h8-14,17H,3-7H2,1-2H3;6-12H,1-5H3;4*5-12H,1-4H3;4-10H,1-3H3;1H4. The lowest BCUT2D eigenvalue weighted by atomic mass is 9.83. The quantitative estimate of drug-likeness (QED) is 0.0799. The van der Waals surface area contributed by atoms with Gasteiger partial charge in [-0.1, -0.05) is 306 Å². The average Bonchev–Trinajstić information content (AvgIpc) is 0.816. The van der Waals surface area contributed by atoms with E-state index in [-0.39, 0.29) is 12.8 Å². The first-order chi connectivity index (χ1) is 60.9. The molecule has 15 rings (SSSR count). The molecule has 0 amide bonds. The SMILES string of the molecule is C.Cc1ccc(Oc2cc(C(C)C)ccc2C)cc1.Cc1ccc(Oc2cc(C(C)C)ccc2C)cc1.Cc1ccc(Oc2cc(C)cc(C(C)C)c2)cc1.Cc1ccc(Oc2cc(C)ccc2C(C)(C)C)cc1.Cc1ccc(Oc2cc(C)ccc2C(C)C)cc1.Cc1ccc(Oc2cc(C)ccc2C)cc1.Cc1ccc(Oc2cc(C)ccc2C2CCCCC2)cc1. The van der Waals surface area contributed by atoms with E-state index in [2.05, 4.69) is 404 Å². The Bertz CT molecular complexity index is 5640. The van der Waals surface area contributed by atoms with Gasteiger partial charge < -0.3 is 33.2 Å². The zero-order valence-electron chi connectivity index (χ0n) is 81.6. The molecule has 0 saturated heterocycles. The Balaban J connectivity index is 0.000000186. The zero-order chi connectivity index (χ0) is 92.7. The molecule has 0 radical (unpaired) electrons. The van der Waals surface area contributed by atoms with Gasteiger partial charge in [-0.05, 0) is 357 Å². The Morgan fingerprint density at radius 2 is 0.496 bits per heavy atom. The summed E-state index contributed by atoms with van der Waals surface area (Å²) in [6.45, 7) is 55.4. The normalized spacial score (nSPS) is 11.5. The molecule has 0 aromatic heterocycles. The summed E-state index contributed by atoms with van der Waals surface area (Å²) in [5, 5.41) is 0. The van der Waals surface area contributed by atoms with Crippen molar-refractivity contribution in [1.29, 1.82) is 0 Å². The van der Waals surface area contributed by atoms with Gasteiger partial charge in [0.2, 0.25) is 0 Å². The van der Waals surface area contributed by atoms with Crippen LogP contribution in [0.25, 0.3) is 0 Å². The maximum Gasteiger partial charge on any atom is 0.131 e. The van der Waals surface area contributed by atoms with Crippen LogP contribution < -0.4 is 33.2 Å². The molecule has 7 nitrogen and oxygen atoms in total. The first-order valence-electron chi connectivity index (χ1n) is 45.9. The molecule has 14 aromatic carbocycles. The molecule has 0 N–H and O–H groups in total. The molecule has 676 valence electrons. The summed E-state index contributed by atoms with van der Waals surface area (Å²) in [6.07, 6.45) is 6.68. The monoisotopic (exact) mass is 1720 g/mol. The van der Waals surface area contributed by atoms with E-state index in [0.29, 0.717) is 29.6 Å². The fourth-order valence-corrected chi connectivity index (χ4v) is 14.3. The Hall–Kier alpha value is -12.3. The smallest absolute Gasteiger partial charge is 0.131 e. The highest BCUT2D eigenvalue weighted by molar-refractivity contribution is 5.50. The summed E-state index contributed by atoms with van der Waals surface area (Å²) >= 11 is 0. The van der Waals surface area contributed by atoms with Crippen molar-refractivity contribution in [3.05, 3.63) is 414 Å². The molecule has 0 atom stereocenters. The third-order valence-electron chi connectivity index (χ3n) is 22.5. The van der Waals surface area contributed by atoms with Crippen molar-refractivity contribution in [2.75, 3.05) is 0 Å². The van der Waals surface area contributed by atoms with Crippen LogP contribution in [0.4, 0.5) is 0 Å². The molecule has 1 fully saturated rings. The van der Waals surface area contributed by atoms with Crippen molar-refractivity contribution >= 4 is 0 Å². The summed E-state index contributed by atoms with van der Waals surface area (Å²) < 4.78 is 41.9. The Labute approximate surface area is 777 Å². The third-order valence-corrected chi connectivity index (χ3v) is 22.5. The molecule has 1 saturated carbocycles. The van der Waals surface area contributed by atoms with Gasteiger partial charge in [0.05, 0.1) is 0 Å². The first kappa shape index (κ1) is 102. The van der Waals surface area contributed by atoms with Gasteiger partial charge in [0.25, 0.3) is 0 Å². The maximum atomic E-state index is 6.20. The van der Waals surface area contributed by atoms with Gasteiger partial charge in [-0.25, -0.2) is 0 Å². The van der Waals surface area contributed by atoms with Crippen LogP contribution in [0.5, 0.6) is 80.5 Å². The molecular weight excluding hydrogens is 1580 g/mol. The molecule has 0 unspecified atom stereocenters. The molecule has 7 heteroatoms. The van der Waals surface area contributed by atoms with Gasteiger partial charge in [-0.15, -0.1) is 0 Å². The molecule has 1 aliphatic rings. The van der Waals surface area contributed by atoms with E-state index in [1.165, 1.54) is 143 Å². The summed E-state index contributed by atoms with van der Waals surface area (Å²) in [7, 11) is 0. The number of hydrogen-bond acceptors (Lipinski definition) is 7. The molecule has 0 aliphatic heterocycles. The number of aryl methyl sites for hydroxylation is 15. The zero-order valence-corrected chi connectivity index (χ0v) is 81.6. The van der Waals surface area contributed by atoms with Crippen LogP contribution in [-0.4, -0.2) is 0 Å². The van der Waals surface area contributed by atoms with Gasteiger partial charge in [-0.3, -0.25) is 0 Å². The number of rotatable bonds is 19. The molecule has 14 aromatic rings. The van der Waals surface area contributed by atoms with Crippen LogP contribution >= 0.6 is 0 Å². The van der Waals surface area contributed by atoms with E-state index in [9.17, 15) is 0 Å². The lowest BCUT2D eigenvalue weighted by molar-refractivity contribution is 0.418. The molecule has 0 heterocycles. The van der Waals surface area contributed by atoms with Gasteiger partial charge in [0, 0.05) is 5.56 Å². The van der Waals surface area contributed by atoms with Crippen LogP contribution in [0.1, 0.15) is 262 Å². The van der Waals surface area contributed by atoms with Crippen molar-refractivity contribution in [1.82, 2.24) is 0 Å². The summed E-state index contributed by atoms with van der Waals surface area (Å²) in [6, 6.07) is 102. The van der Waals surface area contributed by atoms with Gasteiger partial charge in [0.1, 0.15) is 80.5 Å².